The third-order valence-electron chi connectivity index (χ3n) is 0.278. The molecule has 0 heterocycles. The van der Waals surface area contributed by atoms with Crippen molar-refractivity contribution in [1.29, 1.82) is 0 Å². The Kier molecular flexibility index (Phi) is 5.04. The molecule has 0 aromatic carbocycles. The van der Waals surface area contributed by atoms with Gasteiger partial charge in [0.15, 0.2) is 0 Å². The van der Waals surface area contributed by atoms with Gasteiger partial charge in [0.05, 0.1) is 0 Å². The van der Waals surface area contributed by atoms with E-state index in [-0.39, 0.29) is 0 Å². The van der Waals surface area contributed by atoms with Crippen LogP contribution in [0, 0.1) is 0 Å². The SMILES string of the molecule is CC[N]=[Ti]([Cl])[Cl]. The number of hydrogen-bond acceptors (Lipinski definition) is 1. The zero-order valence-corrected chi connectivity index (χ0v) is 6.48. The number of rotatable bonds is 1. The van der Waals surface area contributed by atoms with Gasteiger partial charge in [0.25, 0.3) is 0 Å². The molecule has 1 nitrogen and oxygen atoms in total. The molecule has 0 aromatic rings. The van der Waals surface area contributed by atoms with Crippen LogP contribution in [-0.4, -0.2) is 6.54 Å². The molecule has 0 atom stereocenters. The second kappa shape index (κ2) is 4.26. The zero-order chi connectivity index (χ0) is 4.99. The summed E-state index contributed by atoms with van der Waals surface area (Å²) in [5.74, 6) is 0. The molecule has 0 saturated carbocycles. The summed E-state index contributed by atoms with van der Waals surface area (Å²) in [5.41, 5.74) is 0. The van der Waals surface area contributed by atoms with Crippen molar-refractivity contribution in [2.24, 2.45) is 3.42 Å². The summed E-state index contributed by atoms with van der Waals surface area (Å²) in [7, 11) is 10.7. The molecule has 0 rings (SSSR count). The zero-order valence-electron chi connectivity index (χ0n) is 3.41. The minimum absolute atomic E-state index is 0.766. The van der Waals surface area contributed by atoms with E-state index in [2.05, 4.69) is 3.42 Å². The third kappa shape index (κ3) is 5.09. The van der Waals surface area contributed by atoms with Crippen molar-refractivity contribution in [3.63, 3.8) is 0 Å². The van der Waals surface area contributed by atoms with Crippen molar-refractivity contribution in [3.05, 3.63) is 0 Å². The van der Waals surface area contributed by atoms with E-state index in [0.717, 1.165) is 6.54 Å². The predicted octanol–water partition coefficient (Wildman–Crippen LogP) is 2.12. The average Bonchev–Trinajstić information content (AvgIpc) is 1.35. The van der Waals surface area contributed by atoms with Gasteiger partial charge in [-0.1, -0.05) is 0 Å². The molecule has 0 radical (unpaired) electrons. The summed E-state index contributed by atoms with van der Waals surface area (Å²) in [5, 5.41) is 0. The second-order valence-corrected chi connectivity index (χ2v) is 5.71. The van der Waals surface area contributed by atoms with Crippen LogP contribution in [0.3, 0.4) is 0 Å². The maximum absolute atomic E-state index is 5.34. The normalized spacial score (nSPS) is 7.83. The molecular weight excluding hydrogens is 157 g/mol. The Hall–Kier alpha value is 1.09. The van der Waals surface area contributed by atoms with E-state index in [9.17, 15) is 0 Å². The molecule has 0 aromatic heterocycles. The van der Waals surface area contributed by atoms with Gasteiger partial charge in [0, 0.05) is 0 Å². The fourth-order valence-electron chi connectivity index (χ4n) is 0.120. The Balaban J connectivity index is 3.14. The standard InChI is InChI=1S/C2H5N.2ClH.Ti/c1-2-3;;;/h2H2,1H3;2*1H;/q;;;+2/p-2. The van der Waals surface area contributed by atoms with Gasteiger partial charge in [0.2, 0.25) is 0 Å². The van der Waals surface area contributed by atoms with Crippen LogP contribution < -0.4 is 0 Å². The van der Waals surface area contributed by atoms with Gasteiger partial charge in [-0.05, 0) is 0 Å². The summed E-state index contributed by atoms with van der Waals surface area (Å²) in [4.78, 5) is 0. The first-order valence-electron chi connectivity index (χ1n) is 1.62. The first-order chi connectivity index (χ1) is 2.77. The van der Waals surface area contributed by atoms with E-state index in [1.807, 2.05) is 6.92 Å². The van der Waals surface area contributed by atoms with Crippen LogP contribution in [0.5, 0.6) is 0 Å². The van der Waals surface area contributed by atoms with Crippen molar-refractivity contribution in [2.45, 2.75) is 6.92 Å². The molecule has 0 aliphatic carbocycles. The van der Waals surface area contributed by atoms with Gasteiger partial charge in [-0.2, -0.15) is 0 Å². The van der Waals surface area contributed by atoms with Crippen LogP contribution in [0.15, 0.2) is 3.42 Å². The summed E-state index contributed by atoms with van der Waals surface area (Å²) in [6.07, 6.45) is 0. The quantitative estimate of drug-likeness (QED) is 0.523. The van der Waals surface area contributed by atoms with Crippen molar-refractivity contribution < 1.29 is 15.6 Å². The van der Waals surface area contributed by atoms with Crippen LogP contribution in [0.25, 0.3) is 0 Å². The molecule has 0 spiro atoms. The number of hydrogen-bond donors (Lipinski definition) is 0. The van der Waals surface area contributed by atoms with E-state index in [4.69, 9.17) is 18.6 Å². The topological polar surface area (TPSA) is 12.4 Å². The summed E-state index contributed by atoms with van der Waals surface area (Å²) < 4.78 is 3.82. The van der Waals surface area contributed by atoms with E-state index < -0.39 is 15.6 Å². The molecule has 0 aliphatic rings. The second-order valence-electron chi connectivity index (χ2n) is 0.715. The molecule has 4 heteroatoms. The van der Waals surface area contributed by atoms with Crippen molar-refractivity contribution in [1.82, 2.24) is 0 Å². The van der Waals surface area contributed by atoms with Crippen LogP contribution in [0.2, 0.25) is 0 Å². The Bertz CT molecular complexity index is 58.6. The van der Waals surface area contributed by atoms with E-state index in [1.165, 1.54) is 0 Å². The molecule has 0 unspecified atom stereocenters. The third-order valence-corrected chi connectivity index (χ3v) is 2.13. The number of halogens is 2. The first kappa shape index (κ1) is 7.09. The van der Waals surface area contributed by atoms with Crippen molar-refractivity contribution >= 4 is 18.6 Å². The van der Waals surface area contributed by atoms with Gasteiger partial charge in [0.1, 0.15) is 0 Å². The molecule has 0 N–H and O–H groups in total. The molecule has 0 amide bonds. The van der Waals surface area contributed by atoms with E-state index in [1.54, 1.807) is 0 Å². The van der Waals surface area contributed by atoms with Crippen LogP contribution in [0.4, 0.5) is 0 Å². The Morgan fingerprint density at radius 1 is 1.67 bits per heavy atom. The van der Waals surface area contributed by atoms with Gasteiger partial charge in [-0.25, -0.2) is 0 Å². The van der Waals surface area contributed by atoms with Crippen molar-refractivity contribution in [2.75, 3.05) is 6.54 Å². The summed E-state index contributed by atoms with van der Waals surface area (Å²) >= 11 is -1.81. The molecule has 36 valence electrons. The summed E-state index contributed by atoms with van der Waals surface area (Å²) in [6, 6.07) is 0. The molecular formula is C2H5Cl2NTi. The Morgan fingerprint density at radius 2 is 2.17 bits per heavy atom. The monoisotopic (exact) mass is 161 g/mol. The molecule has 6 heavy (non-hydrogen) atoms. The van der Waals surface area contributed by atoms with Crippen molar-refractivity contribution in [3.8, 4) is 0 Å². The number of nitrogens with zero attached hydrogens (tertiary/aromatic N) is 1. The maximum atomic E-state index is 5.34. The fourth-order valence-corrected chi connectivity index (χ4v) is 1.48. The first-order valence-corrected chi connectivity index (χ1v) is 6.62. The van der Waals surface area contributed by atoms with Crippen LogP contribution >= 0.6 is 18.6 Å². The van der Waals surface area contributed by atoms with Gasteiger partial charge < -0.3 is 0 Å². The van der Waals surface area contributed by atoms with Gasteiger partial charge >= 0.3 is 51.1 Å². The van der Waals surface area contributed by atoms with E-state index >= 15 is 0 Å². The molecule has 0 aliphatic heterocycles. The predicted molar refractivity (Wildman–Crippen MR) is 24.7 cm³/mol. The summed E-state index contributed by atoms with van der Waals surface area (Å²) in [6.45, 7) is 2.69. The van der Waals surface area contributed by atoms with Gasteiger partial charge in [-0.15, -0.1) is 0 Å². The molecule has 0 bridgehead atoms. The Morgan fingerprint density at radius 3 is 2.17 bits per heavy atom. The van der Waals surface area contributed by atoms with Crippen LogP contribution in [-0.2, 0) is 15.6 Å². The molecule has 0 fully saturated rings. The van der Waals surface area contributed by atoms with Gasteiger partial charge in [-0.3, -0.25) is 0 Å². The average molecular weight is 162 g/mol. The molecule has 0 saturated heterocycles. The fraction of sp³-hybridized carbons (Fsp3) is 1.00. The van der Waals surface area contributed by atoms with Crippen LogP contribution in [0.1, 0.15) is 6.92 Å². The minimum atomic E-state index is -1.81. The Labute approximate surface area is 51.1 Å². The van der Waals surface area contributed by atoms with E-state index in [0.29, 0.717) is 0 Å².